The summed E-state index contributed by atoms with van der Waals surface area (Å²) in [4.78, 5) is 22.9. The average Bonchev–Trinajstić information content (AvgIpc) is 2.43. The van der Waals surface area contributed by atoms with Gasteiger partial charge in [-0.1, -0.05) is 27.5 Å². The van der Waals surface area contributed by atoms with Crippen LogP contribution in [0.4, 0.5) is 0 Å². The highest BCUT2D eigenvalue weighted by atomic mass is 79.9. The molecule has 0 aliphatic heterocycles. The summed E-state index contributed by atoms with van der Waals surface area (Å²) in [5.41, 5.74) is -1.62. The molecule has 0 atom stereocenters. The molecular formula is C12H10BrClN2O5S. The molecule has 0 N–H and O–H groups in total. The molecule has 0 aliphatic rings. The van der Waals surface area contributed by atoms with Crippen LogP contribution >= 0.6 is 27.5 Å². The van der Waals surface area contributed by atoms with Crippen LogP contribution in [0.25, 0.3) is 0 Å². The third kappa shape index (κ3) is 3.11. The van der Waals surface area contributed by atoms with Crippen LogP contribution < -0.4 is 15.4 Å². The highest BCUT2D eigenvalue weighted by Crippen LogP contribution is 2.29. The fourth-order valence-corrected chi connectivity index (χ4v) is 3.52. The van der Waals surface area contributed by atoms with E-state index in [-0.39, 0.29) is 10.8 Å². The third-order valence-electron chi connectivity index (χ3n) is 2.78. The summed E-state index contributed by atoms with van der Waals surface area (Å²) in [6, 6.07) is 4.33. The van der Waals surface area contributed by atoms with E-state index in [1.54, 1.807) is 0 Å². The van der Waals surface area contributed by atoms with Crippen molar-refractivity contribution in [1.82, 2.24) is 9.13 Å². The van der Waals surface area contributed by atoms with Gasteiger partial charge in [-0.15, -0.1) is 0 Å². The van der Waals surface area contributed by atoms with Crippen molar-refractivity contribution in [3.8, 4) is 5.75 Å². The Labute approximate surface area is 139 Å². The van der Waals surface area contributed by atoms with Gasteiger partial charge in [-0.25, -0.2) is 4.79 Å². The van der Waals surface area contributed by atoms with Crippen molar-refractivity contribution in [2.45, 2.75) is 4.90 Å². The van der Waals surface area contributed by atoms with Gasteiger partial charge in [0.1, 0.15) is 0 Å². The van der Waals surface area contributed by atoms with Gasteiger partial charge in [0.05, 0.1) is 5.02 Å². The maximum Gasteiger partial charge on any atom is 0.346 e. The first kappa shape index (κ1) is 16.8. The van der Waals surface area contributed by atoms with Gasteiger partial charge in [-0.05, 0) is 18.2 Å². The predicted octanol–water partition coefficient (Wildman–Crippen LogP) is 1.27. The van der Waals surface area contributed by atoms with Crippen molar-refractivity contribution in [1.29, 1.82) is 0 Å². The lowest BCUT2D eigenvalue weighted by Gasteiger charge is -2.10. The Balaban J connectivity index is 2.57. The smallest absolute Gasteiger partial charge is 0.346 e. The van der Waals surface area contributed by atoms with Crippen LogP contribution in [0.2, 0.25) is 5.02 Å². The molecule has 22 heavy (non-hydrogen) atoms. The van der Waals surface area contributed by atoms with E-state index in [4.69, 9.17) is 15.8 Å². The van der Waals surface area contributed by atoms with Crippen molar-refractivity contribution in [3.63, 3.8) is 0 Å². The summed E-state index contributed by atoms with van der Waals surface area (Å²) in [5.74, 6) is -0.124. The maximum atomic E-state index is 12.3. The van der Waals surface area contributed by atoms with Gasteiger partial charge >= 0.3 is 15.8 Å². The number of aromatic nitrogens is 2. The summed E-state index contributed by atoms with van der Waals surface area (Å²) < 4.78 is 31.7. The number of benzene rings is 1. The van der Waals surface area contributed by atoms with Gasteiger partial charge in [-0.2, -0.15) is 8.42 Å². The monoisotopic (exact) mass is 408 g/mol. The number of aryl methyl sites for hydroxylation is 1. The van der Waals surface area contributed by atoms with E-state index in [1.165, 1.54) is 32.3 Å². The second-order valence-electron chi connectivity index (χ2n) is 4.36. The SMILES string of the molecule is Cn1cc(S(=O)(=O)Oc2ccc(Br)cc2Cl)c(=O)n(C)c1=O. The first-order valence-corrected chi connectivity index (χ1v) is 8.37. The van der Waals surface area contributed by atoms with Crippen LogP contribution in [0.5, 0.6) is 5.75 Å². The fourth-order valence-electron chi connectivity index (χ4n) is 1.65. The lowest BCUT2D eigenvalue weighted by atomic mass is 10.3. The zero-order chi connectivity index (χ0) is 16.7. The van der Waals surface area contributed by atoms with Crippen LogP contribution in [0, 0.1) is 0 Å². The largest absolute Gasteiger partial charge is 0.377 e. The van der Waals surface area contributed by atoms with Gasteiger partial charge < -0.3 is 8.75 Å². The van der Waals surface area contributed by atoms with E-state index in [2.05, 4.69) is 15.9 Å². The van der Waals surface area contributed by atoms with E-state index >= 15 is 0 Å². The number of halogens is 2. The number of rotatable bonds is 3. The zero-order valence-electron chi connectivity index (χ0n) is 11.4. The Morgan fingerprint density at radius 3 is 2.45 bits per heavy atom. The number of nitrogens with zero attached hydrogens (tertiary/aromatic N) is 2. The standard InChI is InChI=1S/C12H10BrClN2O5S/c1-15-6-10(11(17)16(2)12(15)18)22(19,20)21-9-4-3-7(13)5-8(9)14/h3-6H,1-2H3. The van der Waals surface area contributed by atoms with Crippen molar-refractivity contribution >= 4 is 37.6 Å². The molecule has 0 radical (unpaired) electrons. The highest BCUT2D eigenvalue weighted by molar-refractivity contribution is 9.10. The number of hydrogen-bond acceptors (Lipinski definition) is 5. The van der Waals surface area contributed by atoms with Crippen molar-refractivity contribution in [3.05, 3.63) is 54.7 Å². The molecule has 0 unspecified atom stereocenters. The minimum absolute atomic E-state index is 0.0552. The van der Waals surface area contributed by atoms with E-state index < -0.39 is 26.3 Å². The van der Waals surface area contributed by atoms with Crippen LogP contribution in [0.3, 0.4) is 0 Å². The molecule has 10 heteroatoms. The summed E-state index contributed by atoms with van der Waals surface area (Å²) in [6.07, 6.45) is 0.909. The van der Waals surface area contributed by atoms with Crippen LogP contribution in [0.1, 0.15) is 0 Å². The van der Waals surface area contributed by atoms with Crippen molar-refractivity contribution in [2.24, 2.45) is 14.1 Å². The Morgan fingerprint density at radius 2 is 1.86 bits per heavy atom. The van der Waals surface area contributed by atoms with E-state index in [9.17, 15) is 18.0 Å². The van der Waals surface area contributed by atoms with Crippen LogP contribution in [-0.4, -0.2) is 17.6 Å². The summed E-state index contributed by atoms with van der Waals surface area (Å²) in [7, 11) is -1.93. The molecule has 1 aromatic carbocycles. The van der Waals surface area contributed by atoms with Crippen LogP contribution in [0.15, 0.2) is 43.4 Å². The van der Waals surface area contributed by atoms with E-state index in [1.807, 2.05) is 0 Å². The zero-order valence-corrected chi connectivity index (χ0v) is 14.6. The van der Waals surface area contributed by atoms with E-state index in [0.29, 0.717) is 9.04 Å². The molecule has 0 spiro atoms. The Hall–Kier alpha value is -1.58. The predicted molar refractivity (Wildman–Crippen MR) is 83.9 cm³/mol. The molecule has 0 fully saturated rings. The minimum Gasteiger partial charge on any atom is -0.377 e. The molecule has 1 aromatic heterocycles. The highest BCUT2D eigenvalue weighted by Gasteiger charge is 2.24. The first-order valence-electron chi connectivity index (χ1n) is 5.79. The lowest BCUT2D eigenvalue weighted by molar-refractivity contribution is 0.480. The summed E-state index contributed by atoms with van der Waals surface area (Å²) >= 11 is 9.07. The molecule has 0 bridgehead atoms. The molecule has 0 aliphatic carbocycles. The maximum absolute atomic E-state index is 12.3. The summed E-state index contributed by atoms with van der Waals surface area (Å²) in [5, 5.41) is 0.0552. The normalized spacial score (nSPS) is 11.5. The Bertz CT molecular complexity index is 964. The third-order valence-corrected chi connectivity index (χ3v) is 4.78. The average molecular weight is 410 g/mol. The van der Waals surface area contributed by atoms with Crippen molar-refractivity contribution in [2.75, 3.05) is 0 Å². The second kappa shape index (κ2) is 5.90. The molecular weight excluding hydrogens is 400 g/mol. The lowest BCUT2D eigenvalue weighted by Crippen LogP contribution is -2.39. The van der Waals surface area contributed by atoms with Gasteiger partial charge in [0, 0.05) is 24.8 Å². The topological polar surface area (TPSA) is 87.4 Å². The molecule has 0 amide bonds. The molecule has 2 rings (SSSR count). The number of hydrogen-bond donors (Lipinski definition) is 0. The molecule has 2 aromatic rings. The van der Waals surface area contributed by atoms with Gasteiger partial charge in [0.15, 0.2) is 10.6 Å². The van der Waals surface area contributed by atoms with Crippen LogP contribution in [-0.2, 0) is 24.2 Å². The quantitative estimate of drug-likeness (QED) is 0.713. The molecule has 118 valence electrons. The minimum atomic E-state index is -4.43. The first-order chi connectivity index (χ1) is 10.1. The molecule has 1 heterocycles. The second-order valence-corrected chi connectivity index (χ2v) is 7.20. The molecule has 0 saturated heterocycles. The summed E-state index contributed by atoms with van der Waals surface area (Å²) in [6.45, 7) is 0. The molecule has 7 nitrogen and oxygen atoms in total. The fraction of sp³-hybridized carbons (Fsp3) is 0.167. The van der Waals surface area contributed by atoms with Gasteiger partial charge in [0.25, 0.3) is 5.56 Å². The van der Waals surface area contributed by atoms with Gasteiger partial charge in [0.2, 0.25) is 0 Å². The Morgan fingerprint density at radius 1 is 1.23 bits per heavy atom. The van der Waals surface area contributed by atoms with Crippen molar-refractivity contribution < 1.29 is 12.6 Å². The Kier molecular flexibility index (Phi) is 4.50. The van der Waals surface area contributed by atoms with Gasteiger partial charge in [-0.3, -0.25) is 9.36 Å². The molecule has 0 saturated carbocycles. The van der Waals surface area contributed by atoms with E-state index in [0.717, 1.165) is 10.8 Å².